The van der Waals surface area contributed by atoms with Crippen LogP contribution in [0.15, 0.2) is 0 Å². The highest BCUT2D eigenvalue weighted by molar-refractivity contribution is 6.59. The van der Waals surface area contributed by atoms with Crippen LogP contribution < -0.4 is 0 Å². The predicted octanol–water partition coefficient (Wildman–Crippen LogP) is 6.05. The molecule has 0 atom stereocenters. The fraction of sp³-hybridized carbons (Fsp3) is 0.700. The average Bonchev–Trinajstić information content (AvgIpc) is 2.61. The van der Waals surface area contributed by atoms with Crippen molar-refractivity contribution in [3.05, 3.63) is 34.6 Å². The summed E-state index contributed by atoms with van der Waals surface area (Å²) in [5.74, 6) is -9.43. The van der Waals surface area contributed by atoms with E-state index in [0.29, 0.717) is 18.9 Å². The molecule has 1 aromatic rings. The second-order valence-electron chi connectivity index (χ2n) is 7.72. The van der Waals surface area contributed by atoms with Gasteiger partial charge in [0.2, 0.25) is 5.82 Å². The molecule has 1 aromatic carbocycles. The van der Waals surface area contributed by atoms with Gasteiger partial charge >= 0.3 is 8.80 Å². The van der Waals surface area contributed by atoms with Crippen molar-refractivity contribution in [3.8, 4) is 0 Å². The van der Waals surface area contributed by atoms with Gasteiger partial charge in [-0.3, -0.25) is 0 Å². The first-order valence-electron chi connectivity index (χ1n) is 10.1. The van der Waals surface area contributed by atoms with Crippen molar-refractivity contribution in [1.29, 1.82) is 0 Å². The summed E-state index contributed by atoms with van der Waals surface area (Å²) in [5, 5.41) is 0. The monoisotopic (exact) mass is 442 g/mol. The molecule has 0 bridgehead atoms. The molecule has 0 saturated carbocycles. The van der Waals surface area contributed by atoms with Crippen LogP contribution in [0.5, 0.6) is 0 Å². The third-order valence-corrected chi connectivity index (χ3v) is 6.97. The van der Waals surface area contributed by atoms with Crippen LogP contribution in [0.1, 0.15) is 71.8 Å². The molecule has 0 amide bonds. The van der Waals surface area contributed by atoms with Gasteiger partial charge in [0.05, 0.1) is 0 Å². The molecule has 0 heterocycles. The Morgan fingerprint density at radius 2 is 1.03 bits per heavy atom. The Bertz CT molecular complexity index is 616. The maximum atomic E-state index is 13.6. The Labute approximate surface area is 170 Å². The molecule has 0 aliphatic heterocycles. The molecule has 0 unspecified atom stereocenters. The molecule has 0 radical (unpaired) electrons. The predicted molar refractivity (Wildman–Crippen MR) is 103 cm³/mol. The lowest BCUT2D eigenvalue weighted by Gasteiger charge is -2.28. The van der Waals surface area contributed by atoms with Gasteiger partial charge in [-0.1, -0.05) is 25.7 Å². The van der Waals surface area contributed by atoms with Crippen LogP contribution in [0.4, 0.5) is 22.0 Å². The first-order chi connectivity index (χ1) is 13.5. The van der Waals surface area contributed by atoms with Crippen molar-refractivity contribution >= 4 is 8.80 Å². The Morgan fingerprint density at radius 3 is 1.48 bits per heavy atom. The van der Waals surface area contributed by atoms with Gasteiger partial charge < -0.3 is 13.6 Å². The van der Waals surface area contributed by atoms with Gasteiger partial charge in [-0.15, -0.1) is 0 Å². The zero-order chi connectivity index (χ0) is 22.2. The molecule has 1 rings (SSSR count). The van der Waals surface area contributed by atoms with Gasteiger partial charge in [-0.05, 0) is 47.0 Å². The maximum absolute atomic E-state index is 13.6. The summed E-state index contributed by atoms with van der Waals surface area (Å²) in [7, 11) is -3.21. The zero-order valence-corrected chi connectivity index (χ0v) is 18.5. The van der Waals surface area contributed by atoms with E-state index in [1.807, 2.05) is 27.7 Å². The van der Waals surface area contributed by atoms with Crippen molar-refractivity contribution in [3.63, 3.8) is 0 Å². The molecule has 0 aliphatic rings. The van der Waals surface area contributed by atoms with E-state index in [-0.39, 0.29) is 18.6 Å². The topological polar surface area (TPSA) is 38.7 Å². The normalized spacial score (nSPS) is 12.4. The minimum atomic E-state index is -3.21. The third-order valence-electron chi connectivity index (χ3n) is 4.31. The number of unbranched alkanes of at least 4 members (excludes halogenated alkanes) is 5. The van der Waals surface area contributed by atoms with Crippen LogP contribution in [0.2, 0.25) is 6.04 Å². The lowest BCUT2D eigenvalue weighted by molar-refractivity contribution is 0.0472. The summed E-state index contributed by atoms with van der Waals surface area (Å²) in [4.78, 5) is 10.6. The molecule has 0 saturated heterocycles. The molecule has 9 heteroatoms. The highest BCUT2D eigenvalue weighted by Crippen LogP contribution is 2.25. The molecule has 0 aliphatic carbocycles. The lowest BCUT2D eigenvalue weighted by Crippen LogP contribution is -2.46. The Balaban J connectivity index is 2.35. The minimum Gasteiger partial charge on any atom is -0.390 e. The van der Waals surface area contributed by atoms with Crippen molar-refractivity contribution in [1.82, 2.24) is 0 Å². The first-order valence-corrected chi connectivity index (χ1v) is 12.0. The van der Waals surface area contributed by atoms with Gasteiger partial charge in [0.25, 0.3) is 0 Å². The largest absolute Gasteiger partial charge is 0.498 e. The smallest absolute Gasteiger partial charge is 0.390 e. The molecular formula is C20H31F5O3Si. The van der Waals surface area contributed by atoms with E-state index in [9.17, 15) is 26.7 Å². The molecule has 0 fully saturated rings. The summed E-state index contributed by atoms with van der Waals surface area (Å²) in [6.07, 6.45) is 3.58. The van der Waals surface area contributed by atoms with E-state index >= 15 is 0 Å². The third kappa shape index (κ3) is 8.31. The molecule has 168 valence electrons. The van der Waals surface area contributed by atoms with E-state index in [0.717, 1.165) is 25.7 Å². The summed E-state index contributed by atoms with van der Waals surface area (Å²) in [6.45, 7) is 7.36. The van der Waals surface area contributed by atoms with Crippen molar-refractivity contribution in [2.75, 3.05) is 0 Å². The fourth-order valence-corrected chi connectivity index (χ4v) is 5.57. The maximum Gasteiger partial charge on any atom is 0.498 e. The van der Waals surface area contributed by atoms with E-state index in [1.54, 1.807) is 0 Å². The van der Waals surface area contributed by atoms with Crippen LogP contribution in [0.25, 0.3) is 0 Å². The molecular weight excluding hydrogens is 411 g/mol. The summed E-state index contributed by atoms with van der Waals surface area (Å²) < 4.78 is 77.8. The van der Waals surface area contributed by atoms with Gasteiger partial charge in [-0.25, -0.2) is 22.0 Å². The van der Waals surface area contributed by atoms with Gasteiger partial charge in [0, 0.05) is 23.8 Å². The lowest BCUT2D eigenvalue weighted by atomic mass is 10.0. The van der Waals surface area contributed by atoms with Crippen LogP contribution in [0.3, 0.4) is 0 Å². The van der Waals surface area contributed by atoms with E-state index in [4.69, 9.17) is 8.85 Å². The van der Waals surface area contributed by atoms with Crippen LogP contribution >= 0.6 is 0 Å². The van der Waals surface area contributed by atoms with E-state index in [2.05, 4.69) is 0 Å². The highest BCUT2D eigenvalue weighted by Gasteiger charge is 2.38. The van der Waals surface area contributed by atoms with Gasteiger partial charge in [0.1, 0.15) is 0 Å². The second kappa shape index (κ2) is 12.0. The second-order valence-corrected chi connectivity index (χ2v) is 10.1. The first kappa shape index (κ1) is 26.0. The minimum absolute atomic E-state index is 0.132. The van der Waals surface area contributed by atoms with Crippen molar-refractivity contribution in [2.45, 2.75) is 90.9 Å². The molecule has 3 nitrogen and oxygen atoms in total. The van der Waals surface area contributed by atoms with Crippen LogP contribution in [-0.4, -0.2) is 25.8 Å². The average molecular weight is 443 g/mol. The van der Waals surface area contributed by atoms with Gasteiger partial charge in [-0.2, -0.15) is 0 Å². The van der Waals surface area contributed by atoms with Crippen molar-refractivity contribution in [2.24, 2.45) is 0 Å². The number of benzene rings is 1. The van der Waals surface area contributed by atoms with Crippen LogP contribution in [-0.2, 0) is 15.3 Å². The summed E-state index contributed by atoms with van der Waals surface area (Å²) in [6, 6.07) is 0.452. The highest BCUT2D eigenvalue weighted by atomic mass is 28.4. The number of rotatable bonds is 13. The quantitative estimate of drug-likeness (QED) is 0.133. The van der Waals surface area contributed by atoms with E-state index < -0.39 is 43.5 Å². The number of halogens is 5. The van der Waals surface area contributed by atoms with Gasteiger partial charge in [0.15, 0.2) is 23.3 Å². The molecule has 29 heavy (non-hydrogen) atoms. The SMILES string of the molecule is CC(C)O[Si](O)(CCCCCCCCc1c(F)c(F)c(F)c(F)c1F)OC(C)C. The molecule has 1 N–H and O–H groups in total. The Morgan fingerprint density at radius 1 is 0.655 bits per heavy atom. The zero-order valence-electron chi connectivity index (χ0n) is 17.5. The number of hydrogen-bond donors (Lipinski definition) is 1. The molecule has 0 aromatic heterocycles. The summed E-state index contributed by atoms with van der Waals surface area (Å²) >= 11 is 0. The fourth-order valence-electron chi connectivity index (χ4n) is 3.11. The standard InChI is InChI=1S/C20H31F5O3Si/c1-13(2)27-29(26,28-14(3)4)12-10-8-6-5-7-9-11-15-16(21)18(23)20(25)19(24)17(15)22/h13-14,26H,5-12H2,1-4H3. The summed E-state index contributed by atoms with van der Waals surface area (Å²) in [5.41, 5.74) is -0.755. The van der Waals surface area contributed by atoms with E-state index in [1.165, 1.54) is 0 Å². The van der Waals surface area contributed by atoms with Crippen molar-refractivity contribution < 1.29 is 35.6 Å². The molecule has 0 spiro atoms. The Hall–Kier alpha value is -1.03. The Kier molecular flexibility index (Phi) is 10.7. The number of hydrogen-bond acceptors (Lipinski definition) is 3. The van der Waals surface area contributed by atoms with Crippen LogP contribution in [0, 0.1) is 29.1 Å².